The predicted octanol–water partition coefficient (Wildman–Crippen LogP) is 4.19. The third-order valence-corrected chi connectivity index (χ3v) is 5.44. The molecule has 4 unspecified atom stereocenters. The van der Waals surface area contributed by atoms with Crippen molar-refractivity contribution < 1.29 is 0 Å². The highest BCUT2D eigenvalue weighted by Crippen LogP contribution is 2.40. The van der Waals surface area contributed by atoms with E-state index in [1.165, 1.54) is 25.0 Å². The van der Waals surface area contributed by atoms with Crippen molar-refractivity contribution in [3.05, 3.63) is 18.0 Å². The molecular weight excluding hydrogens is 258 g/mol. The zero-order valence-corrected chi connectivity index (χ0v) is 14.5. The summed E-state index contributed by atoms with van der Waals surface area (Å²) in [4.78, 5) is 0. The summed E-state index contributed by atoms with van der Waals surface area (Å²) in [5, 5.41) is 4.76. The summed E-state index contributed by atoms with van der Waals surface area (Å²) in [7, 11) is 0. The van der Waals surface area contributed by atoms with E-state index in [0.29, 0.717) is 23.4 Å². The maximum atomic E-state index is 6.39. The predicted molar refractivity (Wildman–Crippen MR) is 89.2 cm³/mol. The SMILES string of the molecule is CCC(C)n1ccc(CC2CC(C(C)(C)C)CCC2N)n1. The van der Waals surface area contributed by atoms with Crippen LogP contribution in [0.25, 0.3) is 0 Å². The molecule has 1 aliphatic rings. The zero-order chi connectivity index (χ0) is 15.6. The van der Waals surface area contributed by atoms with Gasteiger partial charge in [0.2, 0.25) is 0 Å². The maximum Gasteiger partial charge on any atom is 0.0628 e. The summed E-state index contributed by atoms with van der Waals surface area (Å²) in [5.74, 6) is 1.38. The summed E-state index contributed by atoms with van der Waals surface area (Å²) in [5.41, 5.74) is 8.00. The van der Waals surface area contributed by atoms with Crippen molar-refractivity contribution in [2.24, 2.45) is 23.0 Å². The minimum absolute atomic E-state index is 0.345. The Hall–Kier alpha value is -0.830. The highest BCUT2D eigenvalue weighted by molar-refractivity contribution is 5.03. The maximum absolute atomic E-state index is 6.39. The molecule has 1 aliphatic carbocycles. The van der Waals surface area contributed by atoms with Crippen molar-refractivity contribution >= 4 is 0 Å². The van der Waals surface area contributed by atoms with Crippen LogP contribution in [0, 0.1) is 17.3 Å². The Balaban J connectivity index is 2.01. The third kappa shape index (κ3) is 4.09. The molecule has 120 valence electrons. The lowest BCUT2D eigenvalue weighted by Gasteiger charge is -2.40. The summed E-state index contributed by atoms with van der Waals surface area (Å²) in [6.45, 7) is 11.5. The van der Waals surface area contributed by atoms with E-state index in [1.807, 2.05) is 0 Å². The van der Waals surface area contributed by atoms with Crippen molar-refractivity contribution in [3.8, 4) is 0 Å². The van der Waals surface area contributed by atoms with E-state index in [-0.39, 0.29) is 0 Å². The van der Waals surface area contributed by atoms with Crippen LogP contribution in [0.1, 0.15) is 72.0 Å². The van der Waals surface area contributed by atoms with E-state index < -0.39 is 0 Å². The molecule has 3 heteroatoms. The van der Waals surface area contributed by atoms with Gasteiger partial charge in [-0.3, -0.25) is 4.68 Å². The molecule has 1 heterocycles. The van der Waals surface area contributed by atoms with Gasteiger partial charge in [0.25, 0.3) is 0 Å². The lowest BCUT2D eigenvalue weighted by atomic mass is 9.67. The fourth-order valence-corrected chi connectivity index (χ4v) is 3.50. The summed E-state index contributed by atoms with van der Waals surface area (Å²) >= 11 is 0. The van der Waals surface area contributed by atoms with Gasteiger partial charge in [-0.1, -0.05) is 27.7 Å². The number of nitrogens with two attached hydrogens (primary N) is 1. The molecule has 2 rings (SSSR count). The number of hydrogen-bond acceptors (Lipinski definition) is 2. The monoisotopic (exact) mass is 291 g/mol. The second-order valence-corrected chi connectivity index (χ2v) is 8.05. The number of aromatic nitrogens is 2. The molecule has 0 bridgehead atoms. The van der Waals surface area contributed by atoms with Crippen LogP contribution in [-0.2, 0) is 6.42 Å². The molecule has 0 amide bonds. The van der Waals surface area contributed by atoms with Gasteiger partial charge in [-0.2, -0.15) is 5.10 Å². The second kappa shape index (κ2) is 6.51. The molecule has 1 aromatic rings. The van der Waals surface area contributed by atoms with Gasteiger partial charge in [-0.05, 0) is 62.3 Å². The van der Waals surface area contributed by atoms with Gasteiger partial charge in [0, 0.05) is 18.3 Å². The van der Waals surface area contributed by atoms with E-state index in [1.54, 1.807) is 0 Å². The van der Waals surface area contributed by atoms with Gasteiger partial charge in [0.15, 0.2) is 0 Å². The molecule has 4 atom stereocenters. The number of rotatable bonds is 4. The smallest absolute Gasteiger partial charge is 0.0628 e. The minimum atomic E-state index is 0.345. The highest BCUT2D eigenvalue weighted by atomic mass is 15.3. The Kier molecular flexibility index (Phi) is 5.13. The van der Waals surface area contributed by atoms with Crippen molar-refractivity contribution in [3.63, 3.8) is 0 Å². The van der Waals surface area contributed by atoms with Crippen LogP contribution in [0.4, 0.5) is 0 Å². The van der Waals surface area contributed by atoms with Crippen molar-refractivity contribution in [2.45, 2.75) is 78.8 Å². The van der Waals surface area contributed by atoms with Gasteiger partial charge in [-0.25, -0.2) is 0 Å². The fourth-order valence-electron chi connectivity index (χ4n) is 3.50. The first-order valence-electron chi connectivity index (χ1n) is 8.60. The Bertz CT molecular complexity index is 444. The minimum Gasteiger partial charge on any atom is -0.327 e. The van der Waals surface area contributed by atoms with Crippen LogP contribution in [0.5, 0.6) is 0 Å². The topological polar surface area (TPSA) is 43.8 Å². The van der Waals surface area contributed by atoms with Gasteiger partial charge in [0.05, 0.1) is 5.69 Å². The van der Waals surface area contributed by atoms with Crippen LogP contribution < -0.4 is 5.73 Å². The van der Waals surface area contributed by atoms with Gasteiger partial charge in [0.1, 0.15) is 0 Å². The van der Waals surface area contributed by atoms with Gasteiger partial charge in [-0.15, -0.1) is 0 Å². The molecule has 0 saturated heterocycles. The number of hydrogen-bond donors (Lipinski definition) is 1. The highest BCUT2D eigenvalue weighted by Gasteiger charge is 2.34. The molecule has 0 aromatic carbocycles. The Morgan fingerprint density at radius 3 is 2.71 bits per heavy atom. The van der Waals surface area contributed by atoms with Crippen LogP contribution in [0.3, 0.4) is 0 Å². The van der Waals surface area contributed by atoms with Crippen LogP contribution in [0.15, 0.2) is 12.3 Å². The number of nitrogens with zero attached hydrogens (tertiary/aromatic N) is 2. The molecule has 0 spiro atoms. The van der Waals surface area contributed by atoms with E-state index in [2.05, 4.69) is 51.6 Å². The van der Waals surface area contributed by atoms with Gasteiger partial charge >= 0.3 is 0 Å². The first kappa shape index (κ1) is 16.5. The largest absolute Gasteiger partial charge is 0.327 e. The molecule has 1 fully saturated rings. The Labute approximate surface area is 130 Å². The van der Waals surface area contributed by atoms with Crippen LogP contribution in [-0.4, -0.2) is 15.8 Å². The summed E-state index contributed by atoms with van der Waals surface area (Å²) in [6.07, 6.45) is 7.98. The first-order chi connectivity index (χ1) is 9.81. The van der Waals surface area contributed by atoms with E-state index in [9.17, 15) is 0 Å². The quantitative estimate of drug-likeness (QED) is 0.904. The molecule has 2 N–H and O–H groups in total. The lowest BCUT2D eigenvalue weighted by Crippen LogP contribution is -2.40. The van der Waals surface area contributed by atoms with E-state index in [0.717, 1.165) is 18.8 Å². The van der Waals surface area contributed by atoms with Crippen molar-refractivity contribution in [2.75, 3.05) is 0 Å². The standard InChI is InChI=1S/C18H33N3/c1-6-13(2)21-10-9-16(20-21)12-14-11-15(18(3,4)5)7-8-17(14)19/h9-10,13-15,17H,6-8,11-12,19H2,1-5H3. The average Bonchev–Trinajstić information content (AvgIpc) is 2.87. The molecule has 3 nitrogen and oxygen atoms in total. The zero-order valence-electron chi connectivity index (χ0n) is 14.5. The average molecular weight is 291 g/mol. The van der Waals surface area contributed by atoms with Crippen LogP contribution in [0.2, 0.25) is 0 Å². The van der Waals surface area contributed by atoms with Crippen LogP contribution >= 0.6 is 0 Å². The van der Waals surface area contributed by atoms with Gasteiger partial charge < -0.3 is 5.73 Å². The Morgan fingerprint density at radius 2 is 2.10 bits per heavy atom. The normalized spacial score (nSPS) is 28.6. The molecular formula is C18H33N3. The fraction of sp³-hybridized carbons (Fsp3) is 0.833. The second-order valence-electron chi connectivity index (χ2n) is 8.05. The first-order valence-corrected chi connectivity index (χ1v) is 8.60. The molecule has 1 aromatic heterocycles. The summed E-state index contributed by atoms with van der Waals surface area (Å²) < 4.78 is 2.10. The molecule has 0 radical (unpaired) electrons. The molecule has 1 saturated carbocycles. The van der Waals surface area contributed by atoms with E-state index >= 15 is 0 Å². The molecule has 21 heavy (non-hydrogen) atoms. The molecule has 0 aliphatic heterocycles. The third-order valence-electron chi connectivity index (χ3n) is 5.44. The summed E-state index contributed by atoms with van der Waals surface area (Å²) in [6, 6.07) is 3.01. The van der Waals surface area contributed by atoms with Crippen molar-refractivity contribution in [1.82, 2.24) is 9.78 Å². The Morgan fingerprint density at radius 1 is 1.38 bits per heavy atom. The lowest BCUT2D eigenvalue weighted by molar-refractivity contribution is 0.126. The van der Waals surface area contributed by atoms with E-state index in [4.69, 9.17) is 10.8 Å². The van der Waals surface area contributed by atoms with Crippen molar-refractivity contribution in [1.29, 1.82) is 0 Å².